The second-order valence-corrected chi connectivity index (χ2v) is 7.00. The minimum Gasteiger partial charge on any atom is -0.368 e. The van der Waals surface area contributed by atoms with Crippen molar-refractivity contribution in [2.24, 2.45) is 10.8 Å². The van der Waals surface area contributed by atoms with Gasteiger partial charge in [-0.15, -0.1) is 0 Å². The van der Waals surface area contributed by atoms with Crippen LogP contribution in [0, 0.1) is 0 Å². The molecule has 152 valence electrons. The van der Waals surface area contributed by atoms with E-state index in [1.54, 1.807) is 6.20 Å². The van der Waals surface area contributed by atoms with E-state index in [-0.39, 0.29) is 18.0 Å². The summed E-state index contributed by atoms with van der Waals surface area (Å²) in [4.78, 5) is 24.6. The van der Waals surface area contributed by atoms with Crippen LogP contribution in [0.5, 0.6) is 0 Å². The molecule has 1 aromatic heterocycles. The molecular formula is C22H22N6O2. The number of carbonyl (C=O) groups is 2. The van der Waals surface area contributed by atoms with Gasteiger partial charge in [0.05, 0.1) is 12.2 Å². The maximum atomic E-state index is 12.8. The first kappa shape index (κ1) is 19.4. The van der Waals surface area contributed by atoms with Crippen LogP contribution >= 0.6 is 0 Å². The Morgan fingerprint density at radius 1 is 1.03 bits per heavy atom. The van der Waals surface area contributed by atoms with E-state index in [4.69, 9.17) is 5.73 Å². The van der Waals surface area contributed by atoms with Gasteiger partial charge in [0.25, 0.3) is 5.91 Å². The van der Waals surface area contributed by atoms with Gasteiger partial charge in [0.15, 0.2) is 0 Å². The molecule has 0 spiro atoms. The van der Waals surface area contributed by atoms with Crippen LogP contribution in [-0.2, 0) is 22.7 Å². The van der Waals surface area contributed by atoms with Gasteiger partial charge < -0.3 is 11.1 Å². The van der Waals surface area contributed by atoms with E-state index in [1.807, 2.05) is 71.5 Å². The van der Waals surface area contributed by atoms with Gasteiger partial charge in [-0.05, 0) is 29.3 Å². The fourth-order valence-corrected chi connectivity index (χ4v) is 3.42. The smallest absolute Gasteiger partial charge is 0.267 e. The number of carbonyl (C=O) groups excluding carboxylic acids is 2. The first-order chi connectivity index (χ1) is 14.6. The molecule has 3 N–H and O–H groups in total. The third-order valence-electron chi connectivity index (χ3n) is 4.97. The van der Waals surface area contributed by atoms with Crippen LogP contribution in [0.2, 0.25) is 0 Å². The maximum absolute atomic E-state index is 12.8. The van der Waals surface area contributed by atoms with Crippen LogP contribution in [0.3, 0.4) is 0 Å². The summed E-state index contributed by atoms with van der Waals surface area (Å²) in [5.41, 5.74) is 8.60. The van der Waals surface area contributed by atoms with Crippen molar-refractivity contribution < 1.29 is 9.59 Å². The van der Waals surface area contributed by atoms with E-state index in [0.29, 0.717) is 18.8 Å². The Kier molecular flexibility index (Phi) is 5.56. The number of para-hydroxylation sites is 1. The number of benzene rings is 2. The highest BCUT2D eigenvalue weighted by atomic mass is 16.2. The summed E-state index contributed by atoms with van der Waals surface area (Å²) in [7, 11) is 0. The molecule has 4 rings (SSSR count). The Hall–Kier alpha value is -3.94. The molecule has 1 aliphatic rings. The van der Waals surface area contributed by atoms with E-state index >= 15 is 0 Å². The average molecular weight is 402 g/mol. The lowest BCUT2D eigenvalue weighted by molar-refractivity contribution is -0.119. The number of anilines is 1. The lowest BCUT2D eigenvalue weighted by Crippen LogP contribution is -2.39. The van der Waals surface area contributed by atoms with Gasteiger partial charge in [-0.3, -0.25) is 19.3 Å². The zero-order valence-electron chi connectivity index (χ0n) is 16.3. The van der Waals surface area contributed by atoms with Crippen molar-refractivity contribution in [1.82, 2.24) is 15.1 Å². The normalized spacial score (nSPS) is 15.7. The van der Waals surface area contributed by atoms with Gasteiger partial charge in [0, 0.05) is 25.4 Å². The average Bonchev–Trinajstić information content (AvgIpc) is 3.44. The van der Waals surface area contributed by atoms with Crippen LogP contribution < -0.4 is 16.1 Å². The highest BCUT2D eigenvalue weighted by molar-refractivity contribution is 6.40. The number of aromatic nitrogens is 2. The Morgan fingerprint density at radius 3 is 2.47 bits per heavy atom. The lowest BCUT2D eigenvalue weighted by atomic mass is 10.1. The molecule has 2 aromatic carbocycles. The Morgan fingerprint density at radius 2 is 1.77 bits per heavy atom. The first-order valence-electron chi connectivity index (χ1n) is 9.65. The number of hydrogen-bond acceptors (Lipinski definition) is 5. The second kappa shape index (κ2) is 8.60. The molecule has 0 saturated carbocycles. The second-order valence-electron chi connectivity index (χ2n) is 7.00. The third kappa shape index (κ3) is 4.22. The summed E-state index contributed by atoms with van der Waals surface area (Å²) in [5.74, 6) is -0.830. The monoisotopic (exact) mass is 402 g/mol. The Balaban J connectivity index is 1.46. The quantitative estimate of drug-likeness (QED) is 0.627. The summed E-state index contributed by atoms with van der Waals surface area (Å²) in [5, 5.41) is 13.0. The summed E-state index contributed by atoms with van der Waals surface area (Å²) >= 11 is 0. The number of hydrogen-bond donors (Lipinski definition) is 2. The van der Waals surface area contributed by atoms with Crippen LogP contribution in [0.15, 0.2) is 78.2 Å². The van der Waals surface area contributed by atoms with Gasteiger partial charge in [-0.2, -0.15) is 10.2 Å². The predicted molar refractivity (Wildman–Crippen MR) is 114 cm³/mol. The number of nitrogens with zero attached hydrogens (tertiary/aromatic N) is 4. The molecule has 2 amide bonds. The van der Waals surface area contributed by atoms with E-state index in [9.17, 15) is 9.59 Å². The number of rotatable bonds is 7. The summed E-state index contributed by atoms with van der Waals surface area (Å²) in [6, 6.07) is 18.3. The molecule has 8 nitrogen and oxygen atoms in total. The lowest BCUT2D eigenvalue weighted by Gasteiger charge is -2.20. The van der Waals surface area contributed by atoms with Crippen molar-refractivity contribution in [1.29, 1.82) is 0 Å². The van der Waals surface area contributed by atoms with Crippen LogP contribution in [0.25, 0.3) is 0 Å². The van der Waals surface area contributed by atoms with E-state index in [1.165, 1.54) is 5.01 Å². The molecule has 0 aliphatic carbocycles. The predicted octanol–water partition coefficient (Wildman–Crippen LogP) is 1.67. The molecule has 0 bridgehead atoms. The molecule has 1 atom stereocenters. The zero-order valence-corrected chi connectivity index (χ0v) is 16.3. The third-order valence-corrected chi connectivity index (χ3v) is 4.97. The largest absolute Gasteiger partial charge is 0.368 e. The molecule has 0 radical (unpaired) electrons. The minimum atomic E-state index is -0.680. The molecular weight excluding hydrogens is 380 g/mol. The van der Waals surface area contributed by atoms with Crippen LogP contribution in [0.1, 0.15) is 17.5 Å². The van der Waals surface area contributed by atoms with Crippen molar-refractivity contribution in [3.63, 3.8) is 0 Å². The van der Waals surface area contributed by atoms with Crippen molar-refractivity contribution in [3.05, 3.63) is 84.2 Å². The van der Waals surface area contributed by atoms with Gasteiger partial charge in [-0.1, -0.05) is 42.5 Å². The number of nitrogens with two attached hydrogens (primary N) is 1. The van der Waals surface area contributed by atoms with Crippen molar-refractivity contribution in [2.75, 3.05) is 5.01 Å². The highest BCUT2D eigenvalue weighted by Crippen LogP contribution is 2.24. The van der Waals surface area contributed by atoms with E-state index in [2.05, 4.69) is 15.5 Å². The zero-order chi connectivity index (χ0) is 20.9. The molecule has 2 heterocycles. The number of primary amides is 1. The number of hydrazone groups is 1. The van der Waals surface area contributed by atoms with Crippen molar-refractivity contribution in [2.45, 2.75) is 25.6 Å². The molecule has 0 fully saturated rings. The van der Waals surface area contributed by atoms with Gasteiger partial charge in [-0.25, -0.2) is 0 Å². The van der Waals surface area contributed by atoms with Gasteiger partial charge >= 0.3 is 0 Å². The van der Waals surface area contributed by atoms with Crippen molar-refractivity contribution in [3.8, 4) is 0 Å². The summed E-state index contributed by atoms with van der Waals surface area (Å²) in [6.45, 7) is 0.966. The topological polar surface area (TPSA) is 106 Å². The maximum Gasteiger partial charge on any atom is 0.267 e. The number of amides is 2. The molecule has 0 unspecified atom stereocenters. The van der Waals surface area contributed by atoms with Crippen LogP contribution in [-0.4, -0.2) is 33.3 Å². The highest BCUT2D eigenvalue weighted by Gasteiger charge is 2.34. The molecule has 30 heavy (non-hydrogen) atoms. The fourth-order valence-electron chi connectivity index (χ4n) is 3.42. The Bertz CT molecular complexity index is 1060. The molecule has 1 aliphatic heterocycles. The van der Waals surface area contributed by atoms with Crippen LogP contribution in [0.4, 0.5) is 5.69 Å². The van der Waals surface area contributed by atoms with Gasteiger partial charge in [0.1, 0.15) is 11.8 Å². The van der Waals surface area contributed by atoms with Crippen molar-refractivity contribution >= 4 is 23.2 Å². The van der Waals surface area contributed by atoms with Gasteiger partial charge in [0.2, 0.25) is 5.91 Å². The minimum absolute atomic E-state index is 0.172. The summed E-state index contributed by atoms with van der Waals surface area (Å²) in [6.07, 6.45) is 3.80. The van der Waals surface area contributed by atoms with E-state index < -0.39 is 11.9 Å². The molecule has 8 heteroatoms. The standard InChI is InChI=1S/C22H22N6O2/c23-21(29)20-13-19(26-28(20)18-9-2-1-3-10-18)22(30)24-14-16-7-4-5-8-17(16)15-27-12-6-11-25-27/h1-12,20H,13-15H2,(H2,23,29)(H,24,30)/t20-/m0/s1. The SMILES string of the molecule is NC(=O)[C@@H]1CC(C(=O)NCc2ccccc2Cn2cccn2)=NN1c1ccccc1. The summed E-state index contributed by atoms with van der Waals surface area (Å²) < 4.78 is 1.83. The first-order valence-corrected chi connectivity index (χ1v) is 9.65. The fraction of sp³-hybridized carbons (Fsp3) is 0.182. The Labute approximate surface area is 174 Å². The molecule has 0 saturated heterocycles. The van der Waals surface area contributed by atoms with E-state index in [0.717, 1.165) is 11.1 Å². The number of nitrogens with one attached hydrogen (secondary N) is 1. The molecule has 3 aromatic rings.